The van der Waals surface area contributed by atoms with Gasteiger partial charge in [0.1, 0.15) is 11.5 Å². The molecule has 1 saturated carbocycles. The molecular formula is C15H19FO. The van der Waals surface area contributed by atoms with Crippen LogP contribution in [0.4, 0.5) is 4.39 Å². The molecule has 1 aliphatic rings. The monoisotopic (exact) mass is 234 g/mol. The summed E-state index contributed by atoms with van der Waals surface area (Å²) >= 11 is 0. The van der Waals surface area contributed by atoms with Gasteiger partial charge in [0.2, 0.25) is 0 Å². The highest BCUT2D eigenvalue weighted by atomic mass is 19.1. The topological polar surface area (TPSA) is 17.1 Å². The lowest BCUT2D eigenvalue weighted by molar-refractivity contribution is -0.119. The van der Waals surface area contributed by atoms with Gasteiger partial charge in [0, 0.05) is 12.8 Å². The molecule has 92 valence electrons. The van der Waals surface area contributed by atoms with E-state index >= 15 is 0 Å². The molecule has 2 heteroatoms. The maximum atomic E-state index is 14.1. The second kappa shape index (κ2) is 5.44. The Morgan fingerprint density at radius 2 is 1.82 bits per heavy atom. The summed E-state index contributed by atoms with van der Waals surface area (Å²) < 4.78 is 14.1. The number of alkyl halides is 1. The van der Waals surface area contributed by atoms with Crippen molar-refractivity contribution in [3.8, 4) is 0 Å². The Morgan fingerprint density at radius 1 is 1.18 bits per heavy atom. The van der Waals surface area contributed by atoms with Gasteiger partial charge in [0.25, 0.3) is 0 Å². The second-order valence-corrected chi connectivity index (χ2v) is 5.06. The molecule has 0 spiro atoms. The summed E-state index contributed by atoms with van der Waals surface area (Å²) in [4.78, 5) is 11.7. The molecule has 0 saturated heterocycles. The number of rotatable bonds is 5. The second-order valence-electron chi connectivity index (χ2n) is 5.06. The van der Waals surface area contributed by atoms with E-state index in [1.165, 1.54) is 0 Å². The zero-order valence-corrected chi connectivity index (χ0v) is 10.1. The van der Waals surface area contributed by atoms with E-state index in [1.54, 1.807) is 0 Å². The quantitative estimate of drug-likeness (QED) is 0.756. The van der Waals surface area contributed by atoms with Crippen LogP contribution in [0.2, 0.25) is 0 Å². The molecule has 0 unspecified atom stereocenters. The fraction of sp³-hybridized carbons (Fsp3) is 0.533. The van der Waals surface area contributed by atoms with E-state index in [0.717, 1.165) is 18.4 Å². The Labute approximate surface area is 102 Å². The number of benzene rings is 1. The van der Waals surface area contributed by atoms with E-state index < -0.39 is 5.67 Å². The largest absolute Gasteiger partial charge is 0.299 e. The fourth-order valence-electron chi connectivity index (χ4n) is 2.53. The van der Waals surface area contributed by atoms with E-state index in [4.69, 9.17) is 0 Å². The summed E-state index contributed by atoms with van der Waals surface area (Å²) in [5.41, 5.74) is -0.0244. The molecule has 0 radical (unpaired) electrons. The molecule has 1 fully saturated rings. The van der Waals surface area contributed by atoms with Crippen molar-refractivity contribution >= 4 is 5.78 Å². The summed E-state index contributed by atoms with van der Waals surface area (Å²) in [5, 5.41) is 0. The van der Waals surface area contributed by atoms with Crippen molar-refractivity contribution < 1.29 is 9.18 Å². The van der Waals surface area contributed by atoms with Gasteiger partial charge in [-0.1, -0.05) is 43.2 Å². The Kier molecular flexibility index (Phi) is 3.93. The Hall–Kier alpha value is -1.18. The van der Waals surface area contributed by atoms with Gasteiger partial charge in [-0.2, -0.15) is 0 Å². The third kappa shape index (κ3) is 3.65. The molecule has 2 rings (SSSR count). The first kappa shape index (κ1) is 12.3. The van der Waals surface area contributed by atoms with Gasteiger partial charge in [0.15, 0.2) is 0 Å². The van der Waals surface area contributed by atoms with Gasteiger partial charge in [-0.25, -0.2) is 4.39 Å². The normalized spacial score (nSPS) is 18.2. The number of hydrogen-bond acceptors (Lipinski definition) is 1. The van der Waals surface area contributed by atoms with Crippen LogP contribution in [-0.2, 0) is 11.2 Å². The maximum Gasteiger partial charge on any atom is 0.137 e. The minimum absolute atomic E-state index is 0.153. The van der Waals surface area contributed by atoms with Crippen molar-refractivity contribution in [2.45, 2.75) is 50.6 Å². The molecule has 0 N–H and O–H groups in total. The highest BCUT2D eigenvalue weighted by molar-refractivity contribution is 5.80. The fourth-order valence-corrected chi connectivity index (χ4v) is 2.53. The Morgan fingerprint density at radius 3 is 2.47 bits per heavy atom. The molecule has 0 atom stereocenters. The summed E-state index contributed by atoms with van der Waals surface area (Å²) in [6.45, 7) is 0. The summed E-state index contributed by atoms with van der Waals surface area (Å²) in [6.07, 6.45) is 4.48. The van der Waals surface area contributed by atoms with Crippen LogP contribution in [0.1, 0.15) is 44.1 Å². The summed E-state index contributed by atoms with van der Waals surface area (Å²) in [6, 6.07) is 9.67. The van der Waals surface area contributed by atoms with Crippen LogP contribution in [0.25, 0.3) is 0 Å². The van der Waals surface area contributed by atoms with Gasteiger partial charge in [0.05, 0.1) is 0 Å². The molecule has 0 aliphatic heterocycles. The number of carbonyl (C=O) groups is 1. The number of hydrogen-bond donors (Lipinski definition) is 0. The molecule has 0 heterocycles. The van der Waals surface area contributed by atoms with E-state index in [0.29, 0.717) is 32.1 Å². The van der Waals surface area contributed by atoms with Crippen LogP contribution in [0.5, 0.6) is 0 Å². The average Bonchev–Trinajstić information content (AvgIpc) is 2.76. The minimum Gasteiger partial charge on any atom is -0.299 e. The third-order valence-corrected chi connectivity index (χ3v) is 3.60. The van der Waals surface area contributed by atoms with E-state index in [2.05, 4.69) is 0 Å². The van der Waals surface area contributed by atoms with Crippen molar-refractivity contribution in [1.82, 2.24) is 0 Å². The van der Waals surface area contributed by atoms with Gasteiger partial charge in [-0.15, -0.1) is 0 Å². The lowest BCUT2D eigenvalue weighted by Gasteiger charge is -2.17. The molecule has 17 heavy (non-hydrogen) atoms. The van der Waals surface area contributed by atoms with Gasteiger partial charge in [-0.05, 0) is 24.8 Å². The van der Waals surface area contributed by atoms with E-state index in [9.17, 15) is 9.18 Å². The molecule has 1 aromatic carbocycles. The first-order valence-electron chi connectivity index (χ1n) is 6.43. The smallest absolute Gasteiger partial charge is 0.137 e. The molecular weight excluding hydrogens is 215 g/mol. The van der Waals surface area contributed by atoms with Crippen molar-refractivity contribution in [3.63, 3.8) is 0 Å². The van der Waals surface area contributed by atoms with Crippen molar-refractivity contribution in [2.75, 3.05) is 0 Å². The third-order valence-electron chi connectivity index (χ3n) is 3.60. The molecule has 1 aromatic rings. The number of Topliss-reactive ketones (excluding diaryl/α,β-unsaturated/α-hetero) is 1. The van der Waals surface area contributed by atoms with Gasteiger partial charge >= 0.3 is 0 Å². The first-order valence-corrected chi connectivity index (χ1v) is 6.43. The molecule has 0 bridgehead atoms. The van der Waals surface area contributed by atoms with Crippen LogP contribution in [0.3, 0.4) is 0 Å². The van der Waals surface area contributed by atoms with Gasteiger partial charge in [-0.3, -0.25) is 4.79 Å². The van der Waals surface area contributed by atoms with Crippen LogP contribution in [0.15, 0.2) is 30.3 Å². The van der Waals surface area contributed by atoms with Crippen molar-refractivity contribution in [3.05, 3.63) is 35.9 Å². The van der Waals surface area contributed by atoms with Crippen LogP contribution in [-0.4, -0.2) is 11.5 Å². The molecule has 1 nitrogen and oxygen atoms in total. The highest BCUT2D eigenvalue weighted by Gasteiger charge is 2.33. The van der Waals surface area contributed by atoms with Crippen molar-refractivity contribution in [2.24, 2.45) is 0 Å². The predicted octanol–water partition coefficient (Wildman–Crippen LogP) is 3.86. The predicted molar refractivity (Wildman–Crippen MR) is 66.7 cm³/mol. The molecule has 1 aliphatic carbocycles. The van der Waals surface area contributed by atoms with E-state index in [1.807, 2.05) is 30.3 Å². The lowest BCUT2D eigenvalue weighted by Crippen LogP contribution is -2.19. The minimum atomic E-state index is -1.05. The SMILES string of the molecule is O=C(CCC1(F)CCCC1)Cc1ccccc1. The van der Waals surface area contributed by atoms with Crippen molar-refractivity contribution in [1.29, 1.82) is 0 Å². The zero-order valence-electron chi connectivity index (χ0n) is 10.1. The zero-order chi connectivity index (χ0) is 12.1. The molecule has 0 aromatic heterocycles. The Balaban J connectivity index is 1.78. The van der Waals surface area contributed by atoms with E-state index in [-0.39, 0.29) is 5.78 Å². The summed E-state index contributed by atoms with van der Waals surface area (Å²) in [5.74, 6) is 0.153. The highest BCUT2D eigenvalue weighted by Crippen LogP contribution is 2.37. The number of ketones is 1. The lowest BCUT2D eigenvalue weighted by atomic mass is 9.95. The van der Waals surface area contributed by atoms with Crippen LogP contribution in [0, 0.1) is 0 Å². The molecule has 0 amide bonds. The first-order chi connectivity index (χ1) is 8.18. The number of carbonyl (C=O) groups excluding carboxylic acids is 1. The summed E-state index contributed by atoms with van der Waals surface area (Å²) in [7, 11) is 0. The standard InChI is InChI=1S/C15H19FO/c16-15(9-4-5-10-15)11-8-14(17)12-13-6-2-1-3-7-13/h1-3,6-7H,4-5,8-12H2. The average molecular weight is 234 g/mol. The van der Waals surface area contributed by atoms with Gasteiger partial charge < -0.3 is 0 Å². The van der Waals surface area contributed by atoms with Crippen LogP contribution < -0.4 is 0 Å². The van der Waals surface area contributed by atoms with Crippen LogP contribution >= 0.6 is 0 Å². The number of halogens is 1. The maximum absolute atomic E-state index is 14.1. The Bertz CT molecular complexity index is 366.